The van der Waals surface area contributed by atoms with Crippen LogP contribution in [-0.2, 0) is 0 Å². The summed E-state index contributed by atoms with van der Waals surface area (Å²) in [6, 6.07) is 1.81. The van der Waals surface area contributed by atoms with Crippen molar-refractivity contribution in [3.63, 3.8) is 0 Å². The van der Waals surface area contributed by atoms with Gasteiger partial charge in [0.1, 0.15) is 0 Å². The van der Waals surface area contributed by atoms with E-state index in [-0.39, 0.29) is 0 Å². The molecule has 1 rings (SSSR count). The first-order valence-electron chi connectivity index (χ1n) is 5.07. The van der Waals surface area contributed by atoms with Crippen LogP contribution in [0.2, 0.25) is 0 Å². The van der Waals surface area contributed by atoms with Gasteiger partial charge >= 0.3 is 0 Å². The summed E-state index contributed by atoms with van der Waals surface area (Å²) in [5.74, 6) is 1.31. The van der Waals surface area contributed by atoms with Gasteiger partial charge in [0.15, 0.2) is 0 Å². The molecule has 0 bridgehead atoms. The minimum absolute atomic E-state index is 0.615. The molecule has 0 aliphatic heterocycles. The molecule has 4 heteroatoms. The fourth-order valence-electron chi connectivity index (χ4n) is 1.31. The molecule has 0 saturated carbocycles. The summed E-state index contributed by atoms with van der Waals surface area (Å²) in [5, 5.41) is 3.20. The Morgan fingerprint density at radius 1 is 1.43 bits per heavy atom. The molecule has 3 N–H and O–H groups in total. The molecule has 0 aliphatic rings. The van der Waals surface area contributed by atoms with E-state index in [4.69, 9.17) is 5.73 Å². The second-order valence-electron chi connectivity index (χ2n) is 3.30. The molecule has 1 aromatic rings. The number of nitrogens with one attached hydrogen (secondary N) is 1. The van der Waals surface area contributed by atoms with Gasteiger partial charge in [0.25, 0.3) is 0 Å². The molecule has 0 saturated heterocycles. The van der Waals surface area contributed by atoms with E-state index in [0.29, 0.717) is 11.9 Å². The van der Waals surface area contributed by atoms with E-state index in [9.17, 15) is 0 Å². The van der Waals surface area contributed by atoms with E-state index in [1.165, 1.54) is 0 Å². The van der Waals surface area contributed by atoms with Crippen molar-refractivity contribution in [1.29, 1.82) is 0 Å². The summed E-state index contributed by atoms with van der Waals surface area (Å²) >= 11 is 0. The molecular formula is C10H18N4. The second-order valence-corrected chi connectivity index (χ2v) is 3.30. The van der Waals surface area contributed by atoms with Crippen molar-refractivity contribution in [2.24, 2.45) is 11.7 Å². The molecule has 4 nitrogen and oxygen atoms in total. The minimum Gasteiger partial charge on any atom is -0.354 e. The zero-order chi connectivity index (χ0) is 10.2. The minimum atomic E-state index is 0.615. The topological polar surface area (TPSA) is 63.8 Å². The van der Waals surface area contributed by atoms with Crippen LogP contribution in [0.4, 0.5) is 5.95 Å². The molecule has 0 aliphatic carbocycles. The number of hydrogen-bond donors (Lipinski definition) is 2. The Balaban J connectivity index is 2.32. The van der Waals surface area contributed by atoms with E-state index in [1.54, 1.807) is 12.4 Å². The maximum absolute atomic E-state index is 5.51. The van der Waals surface area contributed by atoms with Gasteiger partial charge in [-0.3, -0.25) is 0 Å². The first kappa shape index (κ1) is 10.9. The van der Waals surface area contributed by atoms with Crippen LogP contribution in [0, 0.1) is 5.92 Å². The highest BCUT2D eigenvalue weighted by Crippen LogP contribution is 2.07. The Labute approximate surface area is 85.0 Å². The van der Waals surface area contributed by atoms with Crippen LogP contribution in [0.15, 0.2) is 18.5 Å². The molecular weight excluding hydrogens is 176 g/mol. The van der Waals surface area contributed by atoms with E-state index in [1.807, 2.05) is 6.07 Å². The summed E-state index contributed by atoms with van der Waals surface area (Å²) in [6.45, 7) is 3.82. The van der Waals surface area contributed by atoms with Crippen LogP contribution in [0.1, 0.15) is 19.8 Å². The fraction of sp³-hybridized carbons (Fsp3) is 0.600. The third-order valence-corrected chi connectivity index (χ3v) is 2.27. The number of rotatable bonds is 6. The zero-order valence-electron chi connectivity index (χ0n) is 8.61. The molecule has 1 aromatic heterocycles. The molecule has 1 atom stereocenters. The highest BCUT2D eigenvalue weighted by atomic mass is 15.1. The molecule has 78 valence electrons. The predicted molar refractivity (Wildman–Crippen MR) is 58.0 cm³/mol. The molecule has 1 unspecified atom stereocenters. The van der Waals surface area contributed by atoms with Crippen molar-refractivity contribution in [3.05, 3.63) is 18.5 Å². The average molecular weight is 194 g/mol. The standard InChI is InChI=1S/C10H18N4/c1-2-9(4-5-11)8-14-10-12-6-3-7-13-10/h3,6-7,9H,2,4-5,8,11H2,1H3,(H,12,13,14). The molecule has 14 heavy (non-hydrogen) atoms. The van der Waals surface area contributed by atoms with Crippen LogP contribution >= 0.6 is 0 Å². The normalized spacial score (nSPS) is 12.4. The molecule has 0 radical (unpaired) electrons. The van der Waals surface area contributed by atoms with Crippen LogP contribution < -0.4 is 11.1 Å². The lowest BCUT2D eigenvalue weighted by Crippen LogP contribution is -2.18. The Morgan fingerprint density at radius 2 is 2.14 bits per heavy atom. The lowest BCUT2D eigenvalue weighted by Gasteiger charge is -2.13. The van der Waals surface area contributed by atoms with E-state index >= 15 is 0 Å². The van der Waals surface area contributed by atoms with Gasteiger partial charge in [-0.25, -0.2) is 9.97 Å². The highest BCUT2D eigenvalue weighted by molar-refractivity contribution is 5.21. The van der Waals surface area contributed by atoms with Crippen molar-refractivity contribution < 1.29 is 0 Å². The summed E-state index contributed by atoms with van der Waals surface area (Å²) < 4.78 is 0. The quantitative estimate of drug-likeness (QED) is 0.715. The lowest BCUT2D eigenvalue weighted by atomic mass is 10.0. The average Bonchev–Trinajstić information content (AvgIpc) is 2.25. The maximum atomic E-state index is 5.51. The number of hydrogen-bond acceptors (Lipinski definition) is 4. The highest BCUT2D eigenvalue weighted by Gasteiger charge is 2.04. The molecule has 0 amide bonds. The molecule has 0 aromatic carbocycles. The molecule has 0 spiro atoms. The van der Waals surface area contributed by atoms with Gasteiger partial charge in [-0.05, 0) is 24.9 Å². The zero-order valence-corrected chi connectivity index (χ0v) is 8.61. The Hall–Kier alpha value is -1.16. The van der Waals surface area contributed by atoms with Gasteiger partial charge in [0, 0.05) is 18.9 Å². The second kappa shape index (κ2) is 6.32. The number of nitrogens with zero attached hydrogens (tertiary/aromatic N) is 2. The monoisotopic (exact) mass is 194 g/mol. The Bertz CT molecular complexity index is 237. The first-order chi connectivity index (χ1) is 6.86. The number of nitrogens with two attached hydrogens (primary N) is 1. The van der Waals surface area contributed by atoms with E-state index in [0.717, 1.165) is 25.9 Å². The van der Waals surface area contributed by atoms with E-state index < -0.39 is 0 Å². The number of anilines is 1. The molecule has 0 fully saturated rings. The Kier molecular flexibility index (Phi) is 4.93. The largest absolute Gasteiger partial charge is 0.354 e. The number of aromatic nitrogens is 2. The SMILES string of the molecule is CCC(CCN)CNc1ncccn1. The van der Waals surface area contributed by atoms with Gasteiger partial charge in [0.05, 0.1) is 0 Å². The third kappa shape index (κ3) is 3.70. The smallest absolute Gasteiger partial charge is 0.222 e. The summed E-state index contributed by atoms with van der Waals surface area (Å²) in [5.41, 5.74) is 5.51. The van der Waals surface area contributed by atoms with Crippen molar-refractivity contribution >= 4 is 5.95 Å². The van der Waals surface area contributed by atoms with Gasteiger partial charge in [0.2, 0.25) is 5.95 Å². The molecule has 1 heterocycles. The van der Waals surface area contributed by atoms with Crippen molar-refractivity contribution in [1.82, 2.24) is 9.97 Å². The van der Waals surface area contributed by atoms with Crippen LogP contribution in [0.25, 0.3) is 0 Å². The Morgan fingerprint density at radius 3 is 2.71 bits per heavy atom. The van der Waals surface area contributed by atoms with Crippen molar-refractivity contribution in [3.8, 4) is 0 Å². The van der Waals surface area contributed by atoms with Gasteiger partial charge in [-0.15, -0.1) is 0 Å². The van der Waals surface area contributed by atoms with Crippen LogP contribution in [0.5, 0.6) is 0 Å². The summed E-state index contributed by atoms with van der Waals surface area (Å²) in [6.07, 6.45) is 5.66. The fourth-order valence-corrected chi connectivity index (χ4v) is 1.31. The lowest BCUT2D eigenvalue weighted by molar-refractivity contribution is 0.500. The van der Waals surface area contributed by atoms with E-state index in [2.05, 4.69) is 22.2 Å². The van der Waals surface area contributed by atoms with Crippen LogP contribution in [0.3, 0.4) is 0 Å². The summed E-state index contributed by atoms with van der Waals surface area (Å²) in [4.78, 5) is 8.18. The maximum Gasteiger partial charge on any atom is 0.222 e. The van der Waals surface area contributed by atoms with Crippen molar-refractivity contribution in [2.75, 3.05) is 18.4 Å². The van der Waals surface area contributed by atoms with Gasteiger partial charge in [-0.2, -0.15) is 0 Å². The third-order valence-electron chi connectivity index (χ3n) is 2.27. The predicted octanol–water partition coefficient (Wildman–Crippen LogP) is 1.26. The van der Waals surface area contributed by atoms with Gasteiger partial charge in [-0.1, -0.05) is 13.3 Å². The van der Waals surface area contributed by atoms with Crippen molar-refractivity contribution in [2.45, 2.75) is 19.8 Å². The van der Waals surface area contributed by atoms with Crippen LogP contribution in [-0.4, -0.2) is 23.1 Å². The summed E-state index contributed by atoms with van der Waals surface area (Å²) in [7, 11) is 0. The first-order valence-corrected chi connectivity index (χ1v) is 5.07. The van der Waals surface area contributed by atoms with Gasteiger partial charge < -0.3 is 11.1 Å².